The van der Waals surface area contributed by atoms with Gasteiger partial charge < -0.3 is 20.4 Å². The lowest BCUT2D eigenvalue weighted by atomic mass is 9.90. The number of halogens is 1. The van der Waals surface area contributed by atoms with Crippen LogP contribution in [0.3, 0.4) is 0 Å². The number of likely N-dealkylation sites (N-methyl/N-ethyl adjacent to an activating group) is 2. The maximum Gasteiger partial charge on any atom is 0.240 e. The van der Waals surface area contributed by atoms with Gasteiger partial charge in [-0.05, 0) is 66.2 Å². The molecular formula is C35H41FN6O3. The van der Waals surface area contributed by atoms with Crippen molar-refractivity contribution in [1.82, 2.24) is 15.1 Å². The van der Waals surface area contributed by atoms with Crippen LogP contribution in [0.1, 0.15) is 43.4 Å². The number of hydrogen-bond acceptors (Lipinski definition) is 6. The molecule has 1 atom stereocenters. The number of aliphatic imine (C=N–C) groups is 1. The number of amides is 3. The number of nitrogens with zero attached hydrogens (tertiary/aromatic N) is 4. The smallest absolute Gasteiger partial charge is 0.240 e. The Morgan fingerprint density at radius 2 is 1.73 bits per heavy atom. The third-order valence-electron chi connectivity index (χ3n) is 8.29. The van der Waals surface area contributed by atoms with E-state index in [1.807, 2.05) is 69.3 Å². The van der Waals surface area contributed by atoms with Crippen molar-refractivity contribution in [3.8, 4) is 0 Å². The van der Waals surface area contributed by atoms with Crippen molar-refractivity contribution in [2.24, 2.45) is 10.4 Å². The first-order valence-corrected chi connectivity index (χ1v) is 15.2. The van der Waals surface area contributed by atoms with Crippen LogP contribution in [0.25, 0.3) is 0 Å². The van der Waals surface area contributed by atoms with E-state index in [2.05, 4.69) is 27.5 Å². The van der Waals surface area contributed by atoms with Gasteiger partial charge in [0, 0.05) is 56.6 Å². The lowest BCUT2D eigenvalue weighted by Gasteiger charge is -2.32. The molecule has 0 aromatic heterocycles. The highest BCUT2D eigenvalue weighted by molar-refractivity contribution is 6.24. The van der Waals surface area contributed by atoms with E-state index in [0.29, 0.717) is 41.3 Å². The summed E-state index contributed by atoms with van der Waals surface area (Å²) in [5.74, 6) is -1.57. The van der Waals surface area contributed by atoms with E-state index in [-0.39, 0.29) is 17.7 Å². The van der Waals surface area contributed by atoms with E-state index in [1.165, 1.54) is 12.1 Å². The molecule has 3 aromatic rings. The number of benzene rings is 3. The molecule has 236 valence electrons. The first-order chi connectivity index (χ1) is 21.4. The zero-order valence-electron chi connectivity index (χ0n) is 26.6. The summed E-state index contributed by atoms with van der Waals surface area (Å²) in [6, 6.07) is 19.2. The van der Waals surface area contributed by atoms with E-state index in [0.717, 1.165) is 37.4 Å². The van der Waals surface area contributed by atoms with Crippen molar-refractivity contribution in [3.05, 3.63) is 89.2 Å². The summed E-state index contributed by atoms with van der Waals surface area (Å²) in [4.78, 5) is 49.9. The van der Waals surface area contributed by atoms with Crippen molar-refractivity contribution < 1.29 is 18.8 Å². The molecule has 0 bridgehead atoms. The molecule has 0 spiro atoms. The molecule has 1 saturated heterocycles. The highest BCUT2D eigenvalue weighted by atomic mass is 19.1. The van der Waals surface area contributed by atoms with Crippen LogP contribution in [0.5, 0.6) is 0 Å². The number of fused-ring (bicyclic) bond motifs is 1. The van der Waals surface area contributed by atoms with Gasteiger partial charge in [-0.1, -0.05) is 45.0 Å². The molecule has 0 aliphatic carbocycles. The van der Waals surface area contributed by atoms with Gasteiger partial charge in [-0.25, -0.2) is 4.39 Å². The lowest BCUT2D eigenvalue weighted by Crippen LogP contribution is -2.48. The SMILES string of the molecule is CN1CCN(CC(=O)N(C)c2ccc(N=C(c3cccc(CNC(=O)C(C)(C)C)c3)C3C(=O)Nc4cc(F)ccc43)cc2)CC1. The molecule has 1 fully saturated rings. The third kappa shape index (κ3) is 7.64. The third-order valence-corrected chi connectivity index (χ3v) is 8.29. The van der Waals surface area contributed by atoms with Crippen LogP contribution in [-0.4, -0.2) is 80.1 Å². The van der Waals surface area contributed by atoms with Crippen molar-refractivity contribution >= 4 is 40.5 Å². The number of rotatable bonds is 8. The minimum atomic E-state index is -0.771. The van der Waals surface area contributed by atoms with E-state index >= 15 is 0 Å². The Labute approximate surface area is 264 Å². The number of nitrogens with one attached hydrogen (secondary N) is 2. The second kappa shape index (κ2) is 13.3. The summed E-state index contributed by atoms with van der Waals surface area (Å²) in [6.07, 6.45) is 0. The minimum Gasteiger partial charge on any atom is -0.352 e. The van der Waals surface area contributed by atoms with Gasteiger partial charge in [-0.15, -0.1) is 0 Å². The molecule has 0 radical (unpaired) electrons. The molecular weight excluding hydrogens is 571 g/mol. The van der Waals surface area contributed by atoms with Crippen molar-refractivity contribution in [1.29, 1.82) is 0 Å². The van der Waals surface area contributed by atoms with Gasteiger partial charge >= 0.3 is 0 Å². The topological polar surface area (TPSA) is 97.3 Å². The van der Waals surface area contributed by atoms with Gasteiger partial charge in [0.05, 0.1) is 17.9 Å². The van der Waals surface area contributed by atoms with Crippen LogP contribution in [-0.2, 0) is 20.9 Å². The second-order valence-electron chi connectivity index (χ2n) is 12.8. The highest BCUT2D eigenvalue weighted by Crippen LogP contribution is 2.37. The molecule has 0 saturated carbocycles. The van der Waals surface area contributed by atoms with Crippen molar-refractivity contribution in [3.63, 3.8) is 0 Å². The Bertz CT molecular complexity index is 1610. The van der Waals surface area contributed by atoms with Crippen molar-refractivity contribution in [2.75, 3.05) is 57.0 Å². The van der Waals surface area contributed by atoms with Gasteiger partial charge in [-0.2, -0.15) is 0 Å². The fraction of sp³-hybridized carbons (Fsp3) is 0.371. The fourth-order valence-electron chi connectivity index (χ4n) is 5.43. The maximum atomic E-state index is 14.0. The molecule has 2 aliphatic rings. The monoisotopic (exact) mass is 612 g/mol. The van der Waals surface area contributed by atoms with Gasteiger partial charge in [0.2, 0.25) is 17.7 Å². The van der Waals surface area contributed by atoms with E-state index in [4.69, 9.17) is 4.99 Å². The predicted octanol–water partition coefficient (Wildman–Crippen LogP) is 4.55. The molecule has 9 nitrogen and oxygen atoms in total. The van der Waals surface area contributed by atoms with E-state index in [1.54, 1.807) is 18.0 Å². The number of carbonyl (C=O) groups is 3. The number of piperazine rings is 1. The van der Waals surface area contributed by atoms with E-state index in [9.17, 15) is 18.8 Å². The Balaban J connectivity index is 1.43. The zero-order chi connectivity index (χ0) is 32.3. The maximum absolute atomic E-state index is 14.0. The second-order valence-corrected chi connectivity index (χ2v) is 12.8. The van der Waals surface area contributed by atoms with Gasteiger partial charge in [0.1, 0.15) is 11.7 Å². The van der Waals surface area contributed by atoms with Gasteiger partial charge in [-0.3, -0.25) is 24.3 Å². The molecule has 2 aliphatic heterocycles. The molecule has 1 unspecified atom stereocenters. The first kappa shape index (κ1) is 32.0. The Kier molecular flexibility index (Phi) is 9.45. The number of carbonyl (C=O) groups excluding carboxylic acids is 3. The van der Waals surface area contributed by atoms with Crippen LogP contribution in [0.4, 0.5) is 21.5 Å². The van der Waals surface area contributed by atoms with Crippen LogP contribution in [0.15, 0.2) is 71.7 Å². The molecule has 45 heavy (non-hydrogen) atoms. The first-order valence-electron chi connectivity index (χ1n) is 15.2. The number of hydrogen-bond donors (Lipinski definition) is 2. The summed E-state index contributed by atoms with van der Waals surface area (Å²) in [5.41, 5.74) is 3.92. The quantitative estimate of drug-likeness (QED) is 0.364. The summed E-state index contributed by atoms with van der Waals surface area (Å²) < 4.78 is 14.0. The van der Waals surface area contributed by atoms with Gasteiger partial charge in [0.15, 0.2) is 0 Å². The largest absolute Gasteiger partial charge is 0.352 e. The standard InChI is InChI=1S/C35H41FN6O3/c1-35(2,3)34(45)37-21-23-7-6-8-24(19-23)32(31-28-14-9-25(36)20-29(28)39-33(31)44)38-26-10-12-27(13-11-26)41(5)30(43)22-42-17-15-40(4)16-18-42/h6-14,19-20,31H,15-18,21-22H2,1-5H3,(H,37,45)(H,39,44). The molecule has 10 heteroatoms. The summed E-state index contributed by atoms with van der Waals surface area (Å²) in [6.45, 7) is 9.86. The summed E-state index contributed by atoms with van der Waals surface area (Å²) in [5, 5.41) is 5.77. The average molecular weight is 613 g/mol. The molecule has 2 N–H and O–H groups in total. The van der Waals surface area contributed by atoms with E-state index < -0.39 is 17.2 Å². The molecule has 5 rings (SSSR count). The number of anilines is 2. The normalized spacial score (nSPS) is 17.5. The molecule has 3 amide bonds. The molecule has 3 aromatic carbocycles. The Morgan fingerprint density at radius 1 is 1.02 bits per heavy atom. The fourth-order valence-corrected chi connectivity index (χ4v) is 5.43. The van der Waals surface area contributed by atoms with Crippen LogP contribution in [0.2, 0.25) is 0 Å². The molecule has 2 heterocycles. The van der Waals surface area contributed by atoms with Crippen LogP contribution < -0.4 is 15.5 Å². The lowest BCUT2D eigenvalue weighted by molar-refractivity contribution is -0.128. The summed E-state index contributed by atoms with van der Waals surface area (Å²) in [7, 11) is 3.85. The Hall–Kier alpha value is -4.41. The average Bonchev–Trinajstić information content (AvgIpc) is 3.33. The zero-order valence-corrected chi connectivity index (χ0v) is 26.6. The minimum absolute atomic E-state index is 0.0123. The van der Waals surface area contributed by atoms with Crippen LogP contribution in [0, 0.1) is 11.2 Å². The predicted molar refractivity (Wildman–Crippen MR) is 176 cm³/mol. The van der Waals surface area contributed by atoms with Crippen molar-refractivity contribution in [2.45, 2.75) is 33.2 Å². The van der Waals surface area contributed by atoms with Gasteiger partial charge in [0.25, 0.3) is 0 Å². The highest BCUT2D eigenvalue weighted by Gasteiger charge is 2.36. The Morgan fingerprint density at radius 3 is 2.42 bits per heavy atom. The summed E-state index contributed by atoms with van der Waals surface area (Å²) >= 11 is 0. The van der Waals surface area contributed by atoms with Crippen LogP contribution >= 0.6 is 0 Å².